The minimum Gasteiger partial charge on any atom is -0.460 e. The monoisotopic (exact) mass is 451 g/mol. The molecule has 0 aliphatic carbocycles. The van der Waals surface area contributed by atoms with Crippen molar-refractivity contribution < 1.29 is 33.6 Å². The molecule has 0 saturated carbocycles. The quantitative estimate of drug-likeness (QED) is 0.611. The van der Waals surface area contributed by atoms with Gasteiger partial charge in [-0.3, -0.25) is 4.79 Å². The summed E-state index contributed by atoms with van der Waals surface area (Å²) >= 11 is 0. The fraction of sp³-hybridized carbons (Fsp3) is 0.667. The fourth-order valence-electron chi connectivity index (χ4n) is 3.33. The van der Waals surface area contributed by atoms with Crippen molar-refractivity contribution in [3.63, 3.8) is 0 Å². The molecule has 180 valence electrons. The summed E-state index contributed by atoms with van der Waals surface area (Å²) in [6, 6.07) is 9.61. The lowest BCUT2D eigenvalue weighted by atomic mass is 9.91. The summed E-state index contributed by atoms with van der Waals surface area (Å²) in [7, 11) is 0. The first kappa shape index (κ1) is 26.1. The van der Waals surface area contributed by atoms with E-state index in [1.54, 1.807) is 41.5 Å². The molecule has 0 radical (unpaired) electrons. The van der Waals surface area contributed by atoms with Crippen LogP contribution in [-0.4, -0.2) is 53.4 Å². The highest BCUT2D eigenvalue weighted by molar-refractivity contribution is 5.70. The maximum Gasteiger partial charge on any atom is 0.407 e. The van der Waals surface area contributed by atoms with Gasteiger partial charge in [0, 0.05) is 12.5 Å². The SMILES string of the molecule is CC(C)(C)OC(=O)C[C@@H]1C[C@H](O)[C@@H](CNC(=O)OC(C)(C)C)O[C@H]1OCc1ccccc1. The zero-order valence-corrected chi connectivity index (χ0v) is 19.9. The van der Waals surface area contributed by atoms with Crippen LogP contribution < -0.4 is 5.32 Å². The van der Waals surface area contributed by atoms with Gasteiger partial charge in [0.05, 0.1) is 19.1 Å². The van der Waals surface area contributed by atoms with E-state index in [1.165, 1.54) is 0 Å². The molecule has 2 rings (SSSR count). The van der Waals surface area contributed by atoms with Gasteiger partial charge in [-0.2, -0.15) is 0 Å². The minimum atomic E-state index is -0.881. The lowest BCUT2D eigenvalue weighted by molar-refractivity contribution is -0.253. The lowest BCUT2D eigenvalue weighted by Crippen LogP contribution is -2.51. The van der Waals surface area contributed by atoms with Gasteiger partial charge in [-0.15, -0.1) is 0 Å². The number of ether oxygens (including phenoxy) is 4. The molecule has 1 amide bonds. The third kappa shape index (κ3) is 9.54. The number of amides is 1. The number of hydrogen-bond acceptors (Lipinski definition) is 7. The second-order valence-corrected chi connectivity index (χ2v) is 10.1. The van der Waals surface area contributed by atoms with E-state index >= 15 is 0 Å². The summed E-state index contributed by atoms with van der Waals surface area (Å²) in [5.74, 6) is -0.765. The predicted octanol–water partition coefficient (Wildman–Crippen LogP) is 3.55. The molecule has 4 atom stereocenters. The van der Waals surface area contributed by atoms with Gasteiger partial charge in [0.25, 0.3) is 0 Å². The van der Waals surface area contributed by atoms with Crippen LogP contribution in [0.4, 0.5) is 4.79 Å². The maximum absolute atomic E-state index is 12.4. The Balaban J connectivity index is 2.02. The molecular formula is C24H37NO7. The number of rotatable bonds is 7. The molecule has 8 nitrogen and oxygen atoms in total. The molecule has 2 N–H and O–H groups in total. The molecule has 0 aromatic heterocycles. The second-order valence-electron chi connectivity index (χ2n) is 10.1. The number of benzene rings is 1. The standard InChI is InChI=1S/C24H37NO7/c1-23(2,3)31-20(27)13-17-12-18(26)19(14-25-22(28)32-24(4,5)6)30-21(17)29-15-16-10-8-7-9-11-16/h7-11,17-19,21,26H,12-15H2,1-6H3,(H,25,28)/t17-,18-,19+,21+/m0/s1. The van der Waals surface area contributed by atoms with Crippen LogP contribution in [0.15, 0.2) is 30.3 Å². The van der Waals surface area contributed by atoms with Gasteiger partial charge in [-0.25, -0.2) is 4.79 Å². The lowest BCUT2D eigenvalue weighted by Gasteiger charge is -2.39. The summed E-state index contributed by atoms with van der Waals surface area (Å²) in [4.78, 5) is 24.4. The molecule has 0 spiro atoms. The molecule has 1 aliphatic heterocycles. The Labute approximate surface area is 190 Å². The van der Waals surface area contributed by atoms with E-state index in [1.807, 2.05) is 30.3 Å². The molecule has 8 heteroatoms. The van der Waals surface area contributed by atoms with Crippen LogP contribution in [0.3, 0.4) is 0 Å². The topological polar surface area (TPSA) is 103 Å². The van der Waals surface area contributed by atoms with Crippen molar-refractivity contribution in [2.75, 3.05) is 6.54 Å². The van der Waals surface area contributed by atoms with Crippen molar-refractivity contribution in [2.24, 2.45) is 5.92 Å². The van der Waals surface area contributed by atoms with Crippen LogP contribution in [0.1, 0.15) is 59.9 Å². The van der Waals surface area contributed by atoms with Gasteiger partial charge in [0.2, 0.25) is 0 Å². The minimum absolute atomic E-state index is 0.0556. The highest BCUT2D eigenvalue weighted by Crippen LogP contribution is 2.30. The van der Waals surface area contributed by atoms with Crippen molar-refractivity contribution in [1.82, 2.24) is 5.32 Å². The van der Waals surface area contributed by atoms with Gasteiger partial charge in [-0.1, -0.05) is 30.3 Å². The van der Waals surface area contributed by atoms with Gasteiger partial charge >= 0.3 is 12.1 Å². The Hall–Kier alpha value is -2.16. The van der Waals surface area contributed by atoms with Crippen molar-refractivity contribution in [3.8, 4) is 0 Å². The number of carbonyl (C=O) groups excluding carboxylic acids is 2. The molecule has 32 heavy (non-hydrogen) atoms. The van der Waals surface area contributed by atoms with E-state index in [9.17, 15) is 14.7 Å². The summed E-state index contributed by atoms with van der Waals surface area (Å²) < 4.78 is 22.7. The Morgan fingerprint density at radius 3 is 2.28 bits per heavy atom. The molecule has 1 aromatic carbocycles. The first-order valence-electron chi connectivity index (χ1n) is 11.0. The van der Waals surface area contributed by atoms with E-state index < -0.39 is 35.8 Å². The number of nitrogens with one attached hydrogen (secondary N) is 1. The average Bonchev–Trinajstić information content (AvgIpc) is 2.64. The highest BCUT2D eigenvalue weighted by atomic mass is 16.7. The molecule has 1 heterocycles. The van der Waals surface area contributed by atoms with Crippen molar-refractivity contribution in [1.29, 1.82) is 0 Å². The Kier molecular flexibility index (Phi) is 9.07. The molecule has 1 aromatic rings. The zero-order chi connectivity index (χ0) is 23.9. The van der Waals surface area contributed by atoms with E-state index in [4.69, 9.17) is 18.9 Å². The molecule has 1 saturated heterocycles. The summed E-state index contributed by atoms with van der Waals surface area (Å²) in [6.07, 6.45) is -2.58. The molecule has 1 fully saturated rings. The van der Waals surface area contributed by atoms with Crippen LogP contribution in [0.5, 0.6) is 0 Å². The van der Waals surface area contributed by atoms with Crippen LogP contribution in [0.25, 0.3) is 0 Å². The predicted molar refractivity (Wildman–Crippen MR) is 119 cm³/mol. The van der Waals surface area contributed by atoms with E-state index in [0.29, 0.717) is 6.61 Å². The first-order chi connectivity index (χ1) is 14.8. The normalized spacial score (nSPS) is 24.0. The van der Waals surface area contributed by atoms with E-state index in [0.717, 1.165) is 5.56 Å². The third-order valence-corrected chi connectivity index (χ3v) is 4.62. The first-order valence-corrected chi connectivity index (χ1v) is 11.0. The van der Waals surface area contributed by atoms with Crippen molar-refractivity contribution >= 4 is 12.1 Å². The Morgan fingerprint density at radius 1 is 1.06 bits per heavy atom. The Bertz CT molecular complexity index is 739. The number of esters is 1. The summed E-state index contributed by atoms with van der Waals surface area (Å²) in [6.45, 7) is 11.1. The average molecular weight is 452 g/mol. The van der Waals surface area contributed by atoms with Crippen LogP contribution in [0.2, 0.25) is 0 Å². The number of hydrogen-bond donors (Lipinski definition) is 2. The van der Waals surface area contributed by atoms with Crippen molar-refractivity contribution in [3.05, 3.63) is 35.9 Å². The number of aliphatic hydroxyl groups is 1. The molecule has 0 bridgehead atoms. The van der Waals surface area contributed by atoms with Gasteiger partial charge in [-0.05, 0) is 53.5 Å². The number of alkyl carbamates (subject to hydrolysis) is 1. The van der Waals surface area contributed by atoms with Crippen LogP contribution >= 0.6 is 0 Å². The van der Waals surface area contributed by atoms with Crippen LogP contribution in [0, 0.1) is 5.92 Å². The summed E-state index contributed by atoms with van der Waals surface area (Å²) in [5, 5.41) is 13.2. The van der Waals surface area contributed by atoms with Gasteiger partial charge < -0.3 is 29.4 Å². The van der Waals surface area contributed by atoms with Crippen LogP contribution in [-0.2, 0) is 30.3 Å². The second kappa shape index (κ2) is 11.1. The Morgan fingerprint density at radius 2 is 1.69 bits per heavy atom. The smallest absolute Gasteiger partial charge is 0.407 e. The highest BCUT2D eigenvalue weighted by Gasteiger charge is 2.40. The van der Waals surface area contributed by atoms with Gasteiger partial charge in [0.15, 0.2) is 6.29 Å². The molecular weight excluding hydrogens is 414 g/mol. The van der Waals surface area contributed by atoms with Crippen molar-refractivity contribution in [2.45, 2.75) is 90.7 Å². The zero-order valence-electron chi connectivity index (χ0n) is 19.9. The van der Waals surface area contributed by atoms with E-state index in [2.05, 4.69) is 5.32 Å². The third-order valence-electron chi connectivity index (χ3n) is 4.62. The maximum atomic E-state index is 12.4. The number of carbonyl (C=O) groups is 2. The number of aliphatic hydroxyl groups excluding tert-OH is 1. The fourth-order valence-corrected chi connectivity index (χ4v) is 3.33. The largest absolute Gasteiger partial charge is 0.460 e. The van der Waals surface area contributed by atoms with E-state index in [-0.39, 0.29) is 31.3 Å². The molecule has 0 unspecified atom stereocenters. The van der Waals surface area contributed by atoms with Gasteiger partial charge in [0.1, 0.15) is 17.3 Å². The summed E-state index contributed by atoms with van der Waals surface area (Å²) in [5.41, 5.74) is -0.275. The molecule has 1 aliphatic rings.